The molecule has 0 bridgehead atoms. The summed E-state index contributed by atoms with van der Waals surface area (Å²) in [5.41, 5.74) is 2.50. The molecule has 2 N–H and O–H groups in total. The van der Waals surface area contributed by atoms with E-state index in [4.69, 9.17) is 11.6 Å². The molecule has 0 unspecified atom stereocenters. The number of amides is 1. The van der Waals surface area contributed by atoms with Crippen molar-refractivity contribution in [3.05, 3.63) is 28.8 Å². The Morgan fingerprint density at radius 1 is 1.59 bits per heavy atom. The van der Waals surface area contributed by atoms with Crippen molar-refractivity contribution in [2.45, 2.75) is 26.2 Å². The summed E-state index contributed by atoms with van der Waals surface area (Å²) in [6, 6.07) is 4.31. The maximum atomic E-state index is 11.6. The molecule has 1 rings (SSSR count). The molecule has 0 aliphatic heterocycles. The van der Waals surface area contributed by atoms with Gasteiger partial charge in [-0.1, -0.05) is 24.9 Å². The number of benzene rings is 1. The molecule has 17 heavy (non-hydrogen) atoms. The van der Waals surface area contributed by atoms with Gasteiger partial charge in [-0.25, -0.2) is 5.43 Å². The lowest BCUT2D eigenvalue weighted by atomic mass is 10.2. The Kier molecular flexibility index (Phi) is 5.49. The fourth-order valence-electron chi connectivity index (χ4n) is 1.22. The summed E-state index contributed by atoms with van der Waals surface area (Å²) in [5.74, 6) is -0.606. The first-order chi connectivity index (χ1) is 8.15. The minimum Gasteiger partial charge on any atom is -0.507 e. The molecule has 0 aliphatic carbocycles. The Labute approximate surface area is 105 Å². The summed E-state index contributed by atoms with van der Waals surface area (Å²) in [6.45, 7) is 2.08. The van der Waals surface area contributed by atoms with Gasteiger partial charge in [-0.15, -0.1) is 0 Å². The van der Waals surface area contributed by atoms with Gasteiger partial charge in [0.15, 0.2) is 0 Å². The molecule has 1 amide bonds. The lowest BCUT2D eigenvalue weighted by molar-refractivity contribution is 0.0952. The van der Waals surface area contributed by atoms with Crippen LogP contribution in [-0.2, 0) is 0 Å². The van der Waals surface area contributed by atoms with Crippen molar-refractivity contribution in [1.82, 2.24) is 5.43 Å². The average molecular weight is 255 g/mol. The Bertz CT molecular complexity index is 419. The Balaban J connectivity index is 2.55. The Morgan fingerprint density at radius 2 is 2.35 bits per heavy atom. The SMILES string of the molecule is CCCCC=NNC(=O)c1ccc(Cl)cc1O. The fourth-order valence-corrected chi connectivity index (χ4v) is 1.39. The fraction of sp³-hybridized carbons (Fsp3) is 0.333. The van der Waals surface area contributed by atoms with E-state index in [1.165, 1.54) is 18.2 Å². The lowest BCUT2D eigenvalue weighted by Crippen LogP contribution is -2.17. The average Bonchev–Trinajstić information content (AvgIpc) is 2.28. The van der Waals surface area contributed by atoms with Crippen LogP contribution in [0.4, 0.5) is 0 Å². The molecule has 0 spiro atoms. The van der Waals surface area contributed by atoms with Crippen LogP contribution in [0.5, 0.6) is 5.75 Å². The van der Waals surface area contributed by atoms with Crippen LogP contribution in [0.3, 0.4) is 0 Å². The number of rotatable bonds is 5. The Hall–Kier alpha value is -1.55. The van der Waals surface area contributed by atoms with Crippen LogP contribution in [0.2, 0.25) is 5.02 Å². The summed E-state index contributed by atoms with van der Waals surface area (Å²) >= 11 is 5.66. The van der Waals surface area contributed by atoms with Crippen molar-refractivity contribution in [1.29, 1.82) is 0 Å². The number of phenols is 1. The maximum Gasteiger partial charge on any atom is 0.275 e. The summed E-state index contributed by atoms with van der Waals surface area (Å²) in [7, 11) is 0. The highest BCUT2D eigenvalue weighted by Crippen LogP contribution is 2.21. The van der Waals surface area contributed by atoms with Crippen LogP contribution in [0, 0.1) is 0 Å². The van der Waals surface area contributed by atoms with Crippen LogP contribution in [0.15, 0.2) is 23.3 Å². The number of unbranched alkanes of at least 4 members (excludes halogenated alkanes) is 2. The Morgan fingerprint density at radius 3 is 3.00 bits per heavy atom. The van der Waals surface area contributed by atoms with Gasteiger partial charge in [0.25, 0.3) is 5.91 Å². The summed E-state index contributed by atoms with van der Waals surface area (Å²) in [5, 5.41) is 13.7. The molecule has 5 heteroatoms. The number of hydrazone groups is 1. The second kappa shape index (κ2) is 6.91. The molecule has 1 aromatic rings. The molecule has 0 heterocycles. The third kappa shape index (κ3) is 4.44. The molecule has 0 saturated heterocycles. The van der Waals surface area contributed by atoms with Gasteiger partial charge in [-0.2, -0.15) is 5.10 Å². The van der Waals surface area contributed by atoms with Gasteiger partial charge in [0.05, 0.1) is 5.56 Å². The zero-order chi connectivity index (χ0) is 12.7. The molecule has 0 fully saturated rings. The lowest BCUT2D eigenvalue weighted by Gasteiger charge is -2.02. The van der Waals surface area contributed by atoms with E-state index in [0.717, 1.165) is 19.3 Å². The van der Waals surface area contributed by atoms with Gasteiger partial charge < -0.3 is 5.11 Å². The standard InChI is InChI=1S/C12H15ClN2O2/c1-2-3-4-7-14-15-12(17)10-6-5-9(13)8-11(10)16/h5-8,16H,2-4H2,1H3,(H,15,17). The number of carbonyl (C=O) groups is 1. The number of carbonyl (C=O) groups excluding carboxylic acids is 1. The predicted molar refractivity (Wildman–Crippen MR) is 68.6 cm³/mol. The van der Waals surface area contributed by atoms with Crippen molar-refractivity contribution in [3.63, 3.8) is 0 Å². The smallest absolute Gasteiger partial charge is 0.275 e. The first kappa shape index (κ1) is 13.5. The predicted octanol–water partition coefficient (Wildman–Crippen LogP) is 2.95. The molecular weight excluding hydrogens is 240 g/mol. The number of phenolic OH excluding ortho intramolecular Hbond substituents is 1. The second-order valence-electron chi connectivity index (χ2n) is 3.56. The molecular formula is C12H15ClN2O2. The van der Waals surface area contributed by atoms with Crippen LogP contribution in [0.25, 0.3) is 0 Å². The molecule has 0 saturated carbocycles. The van der Waals surface area contributed by atoms with Crippen molar-refractivity contribution in [3.8, 4) is 5.75 Å². The molecule has 0 aromatic heterocycles. The number of hydrogen-bond donors (Lipinski definition) is 2. The molecule has 92 valence electrons. The normalized spacial score (nSPS) is 10.7. The zero-order valence-corrected chi connectivity index (χ0v) is 10.4. The summed E-state index contributed by atoms with van der Waals surface area (Å²) < 4.78 is 0. The first-order valence-electron chi connectivity index (χ1n) is 5.45. The molecule has 0 radical (unpaired) electrons. The van der Waals surface area contributed by atoms with Gasteiger partial charge in [0.2, 0.25) is 0 Å². The van der Waals surface area contributed by atoms with E-state index < -0.39 is 5.91 Å². The van der Waals surface area contributed by atoms with Gasteiger partial charge in [-0.3, -0.25) is 4.79 Å². The highest BCUT2D eigenvalue weighted by atomic mass is 35.5. The van der Waals surface area contributed by atoms with Crippen LogP contribution in [0.1, 0.15) is 36.5 Å². The van der Waals surface area contributed by atoms with Gasteiger partial charge in [-0.05, 0) is 31.0 Å². The number of hydrogen-bond acceptors (Lipinski definition) is 3. The van der Waals surface area contributed by atoms with Crippen molar-refractivity contribution in [2.24, 2.45) is 5.10 Å². The highest BCUT2D eigenvalue weighted by Gasteiger charge is 2.09. The van der Waals surface area contributed by atoms with E-state index in [0.29, 0.717) is 5.02 Å². The van der Waals surface area contributed by atoms with Gasteiger partial charge in [0.1, 0.15) is 5.75 Å². The minimum atomic E-state index is -0.452. The summed E-state index contributed by atoms with van der Waals surface area (Å²) in [6.07, 6.45) is 4.58. The van der Waals surface area contributed by atoms with Crippen molar-refractivity contribution < 1.29 is 9.90 Å². The number of halogens is 1. The number of nitrogens with zero attached hydrogens (tertiary/aromatic N) is 1. The minimum absolute atomic E-state index is 0.154. The monoisotopic (exact) mass is 254 g/mol. The van der Waals surface area contributed by atoms with E-state index in [9.17, 15) is 9.90 Å². The first-order valence-corrected chi connectivity index (χ1v) is 5.83. The van der Waals surface area contributed by atoms with E-state index in [2.05, 4.69) is 17.5 Å². The number of nitrogens with one attached hydrogen (secondary N) is 1. The highest BCUT2D eigenvalue weighted by molar-refractivity contribution is 6.30. The van der Waals surface area contributed by atoms with Gasteiger partial charge >= 0.3 is 0 Å². The molecule has 1 aromatic carbocycles. The summed E-state index contributed by atoms with van der Waals surface area (Å²) in [4.78, 5) is 11.6. The quantitative estimate of drug-likeness (QED) is 0.482. The van der Waals surface area contributed by atoms with E-state index in [-0.39, 0.29) is 11.3 Å². The molecule has 4 nitrogen and oxygen atoms in total. The molecule has 0 aliphatic rings. The number of aromatic hydroxyl groups is 1. The van der Waals surface area contributed by atoms with Crippen molar-refractivity contribution >= 4 is 23.7 Å². The second-order valence-corrected chi connectivity index (χ2v) is 3.99. The van der Waals surface area contributed by atoms with Crippen LogP contribution >= 0.6 is 11.6 Å². The van der Waals surface area contributed by atoms with Gasteiger partial charge in [0, 0.05) is 11.2 Å². The third-order valence-corrected chi connectivity index (χ3v) is 2.38. The third-order valence-electron chi connectivity index (χ3n) is 2.15. The van der Waals surface area contributed by atoms with E-state index in [1.54, 1.807) is 6.21 Å². The van der Waals surface area contributed by atoms with E-state index in [1.807, 2.05) is 0 Å². The van der Waals surface area contributed by atoms with Crippen LogP contribution in [-0.4, -0.2) is 17.2 Å². The van der Waals surface area contributed by atoms with Crippen molar-refractivity contribution in [2.75, 3.05) is 0 Å². The zero-order valence-electron chi connectivity index (χ0n) is 9.61. The molecule has 0 atom stereocenters. The topological polar surface area (TPSA) is 61.7 Å². The van der Waals surface area contributed by atoms with Crippen LogP contribution < -0.4 is 5.43 Å². The maximum absolute atomic E-state index is 11.6. The van der Waals surface area contributed by atoms with E-state index >= 15 is 0 Å². The largest absolute Gasteiger partial charge is 0.507 e.